The molecule has 1 aliphatic carbocycles. The van der Waals surface area contributed by atoms with Crippen LogP contribution < -0.4 is 16.0 Å². The zero-order chi connectivity index (χ0) is 13.8. The Labute approximate surface area is 115 Å². The first-order chi connectivity index (χ1) is 9.10. The van der Waals surface area contributed by atoms with Gasteiger partial charge in [-0.15, -0.1) is 0 Å². The second kappa shape index (κ2) is 6.08. The number of hydrogen-bond donors (Lipinski definition) is 2. The van der Waals surface area contributed by atoms with Crippen molar-refractivity contribution in [1.82, 2.24) is 9.97 Å². The van der Waals surface area contributed by atoms with Crippen LogP contribution >= 0.6 is 0 Å². The van der Waals surface area contributed by atoms with Crippen molar-refractivity contribution < 1.29 is 0 Å². The second-order valence-corrected chi connectivity index (χ2v) is 5.67. The van der Waals surface area contributed by atoms with Gasteiger partial charge in [-0.25, -0.2) is 0 Å². The molecule has 3 N–H and O–H groups in total. The lowest BCUT2D eigenvalue weighted by atomic mass is 10.2. The Balaban J connectivity index is 2.18. The maximum absolute atomic E-state index is 5.83. The zero-order valence-electron chi connectivity index (χ0n) is 12.2. The molecule has 1 aromatic rings. The van der Waals surface area contributed by atoms with E-state index in [9.17, 15) is 0 Å². The maximum atomic E-state index is 5.83. The predicted molar refractivity (Wildman–Crippen MR) is 80.4 cm³/mol. The van der Waals surface area contributed by atoms with Crippen LogP contribution in [0.4, 0.5) is 17.6 Å². The fourth-order valence-electron chi connectivity index (χ4n) is 2.15. The van der Waals surface area contributed by atoms with E-state index in [-0.39, 0.29) is 0 Å². The van der Waals surface area contributed by atoms with Crippen molar-refractivity contribution in [2.45, 2.75) is 46.1 Å². The van der Waals surface area contributed by atoms with E-state index in [4.69, 9.17) is 5.73 Å². The van der Waals surface area contributed by atoms with Gasteiger partial charge in [0.1, 0.15) is 11.6 Å². The molecule has 1 aromatic heterocycles. The Hall–Kier alpha value is -1.52. The number of anilines is 3. The van der Waals surface area contributed by atoms with E-state index < -0.39 is 0 Å². The molecule has 0 bridgehead atoms. The maximum Gasteiger partial charge on any atom is 0.223 e. The molecule has 19 heavy (non-hydrogen) atoms. The zero-order valence-corrected chi connectivity index (χ0v) is 12.2. The number of nitrogen functional groups attached to an aromatic ring is 1. The summed E-state index contributed by atoms with van der Waals surface area (Å²) in [6, 6.07) is 2.66. The standard InChI is InChI=1S/C14H25N5/c1-4-7-16-12-8-13(18-14(15)17-12)19(9-10(2)3)11-5-6-11/h8,10-11H,4-7,9H2,1-3H3,(H3,15,16,17,18). The minimum Gasteiger partial charge on any atom is -0.370 e. The molecule has 5 heteroatoms. The number of nitrogens with one attached hydrogen (secondary N) is 1. The molecule has 1 fully saturated rings. The van der Waals surface area contributed by atoms with Crippen molar-refractivity contribution in [3.05, 3.63) is 6.07 Å². The minimum atomic E-state index is 0.352. The monoisotopic (exact) mass is 263 g/mol. The third kappa shape index (κ3) is 3.98. The Morgan fingerprint density at radius 2 is 2.16 bits per heavy atom. The minimum absolute atomic E-state index is 0.352. The van der Waals surface area contributed by atoms with Crippen LogP contribution in [0.3, 0.4) is 0 Å². The van der Waals surface area contributed by atoms with Gasteiger partial charge in [0, 0.05) is 25.2 Å². The van der Waals surface area contributed by atoms with Crippen LogP contribution in [0.15, 0.2) is 6.07 Å². The van der Waals surface area contributed by atoms with Crippen molar-refractivity contribution in [1.29, 1.82) is 0 Å². The summed E-state index contributed by atoms with van der Waals surface area (Å²) in [5, 5.41) is 3.29. The van der Waals surface area contributed by atoms with Gasteiger partial charge in [0.25, 0.3) is 0 Å². The third-order valence-electron chi connectivity index (χ3n) is 3.13. The highest BCUT2D eigenvalue weighted by atomic mass is 15.3. The van der Waals surface area contributed by atoms with Crippen LogP contribution in [0.2, 0.25) is 0 Å². The first-order valence-electron chi connectivity index (χ1n) is 7.25. The smallest absolute Gasteiger partial charge is 0.223 e. The number of nitrogens with zero attached hydrogens (tertiary/aromatic N) is 3. The fourth-order valence-corrected chi connectivity index (χ4v) is 2.15. The average Bonchev–Trinajstić information content (AvgIpc) is 3.16. The first-order valence-corrected chi connectivity index (χ1v) is 7.25. The van der Waals surface area contributed by atoms with E-state index in [2.05, 4.69) is 41.0 Å². The van der Waals surface area contributed by atoms with E-state index in [1.807, 2.05) is 6.07 Å². The van der Waals surface area contributed by atoms with Crippen LogP contribution in [0, 0.1) is 5.92 Å². The van der Waals surface area contributed by atoms with Crippen LogP contribution in [0.25, 0.3) is 0 Å². The van der Waals surface area contributed by atoms with Crippen LogP contribution in [0.1, 0.15) is 40.0 Å². The summed E-state index contributed by atoms with van der Waals surface area (Å²) in [5.41, 5.74) is 5.83. The molecular formula is C14H25N5. The highest BCUT2D eigenvalue weighted by molar-refractivity contribution is 5.53. The van der Waals surface area contributed by atoms with Gasteiger partial charge in [-0.1, -0.05) is 20.8 Å². The quantitative estimate of drug-likeness (QED) is 0.791. The molecule has 2 rings (SSSR count). The van der Waals surface area contributed by atoms with Crippen LogP contribution in [0.5, 0.6) is 0 Å². The van der Waals surface area contributed by atoms with Gasteiger partial charge in [-0.2, -0.15) is 9.97 Å². The first kappa shape index (κ1) is 13.9. The molecule has 1 saturated carbocycles. The van der Waals surface area contributed by atoms with Gasteiger partial charge in [0.05, 0.1) is 0 Å². The predicted octanol–water partition coefficient (Wildman–Crippen LogP) is 2.51. The molecule has 0 saturated heterocycles. The van der Waals surface area contributed by atoms with E-state index in [0.29, 0.717) is 17.9 Å². The van der Waals surface area contributed by atoms with Crippen molar-refractivity contribution in [2.24, 2.45) is 5.92 Å². The average molecular weight is 263 g/mol. The lowest BCUT2D eigenvalue weighted by molar-refractivity contribution is 0.602. The van der Waals surface area contributed by atoms with Crippen molar-refractivity contribution in [3.8, 4) is 0 Å². The summed E-state index contributed by atoms with van der Waals surface area (Å²) in [4.78, 5) is 11.0. The molecule has 5 nitrogen and oxygen atoms in total. The van der Waals surface area contributed by atoms with Gasteiger partial charge < -0.3 is 16.0 Å². The third-order valence-corrected chi connectivity index (χ3v) is 3.13. The van der Waals surface area contributed by atoms with Gasteiger partial charge >= 0.3 is 0 Å². The largest absolute Gasteiger partial charge is 0.370 e. The van der Waals surface area contributed by atoms with Gasteiger partial charge in [-0.3, -0.25) is 0 Å². The SMILES string of the molecule is CCCNc1cc(N(CC(C)C)C2CC2)nc(N)n1. The summed E-state index contributed by atoms with van der Waals surface area (Å²) < 4.78 is 0. The molecule has 0 amide bonds. The molecule has 0 spiro atoms. The van der Waals surface area contributed by atoms with Gasteiger partial charge in [-0.05, 0) is 25.2 Å². The summed E-state index contributed by atoms with van der Waals surface area (Å²) >= 11 is 0. The Bertz CT molecular complexity index is 414. The number of hydrogen-bond acceptors (Lipinski definition) is 5. The van der Waals surface area contributed by atoms with Gasteiger partial charge in [0.15, 0.2) is 0 Å². The molecular weight excluding hydrogens is 238 g/mol. The van der Waals surface area contributed by atoms with Crippen LogP contribution in [-0.4, -0.2) is 29.1 Å². The Kier molecular flexibility index (Phi) is 4.45. The second-order valence-electron chi connectivity index (χ2n) is 5.67. The van der Waals surface area contributed by atoms with E-state index in [0.717, 1.165) is 31.1 Å². The highest BCUT2D eigenvalue weighted by Crippen LogP contribution is 2.32. The van der Waals surface area contributed by atoms with Crippen LogP contribution in [-0.2, 0) is 0 Å². The molecule has 0 aliphatic heterocycles. The molecule has 1 heterocycles. The fraction of sp³-hybridized carbons (Fsp3) is 0.714. The number of rotatable bonds is 7. The Morgan fingerprint density at radius 1 is 1.42 bits per heavy atom. The summed E-state index contributed by atoms with van der Waals surface area (Å²) in [5.74, 6) is 2.76. The highest BCUT2D eigenvalue weighted by Gasteiger charge is 2.30. The Morgan fingerprint density at radius 3 is 2.74 bits per heavy atom. The molecule has 106 valence electrons. The summed E-state index contributed by atoms with van der Waals surface area (Å²) in [6.07, 6.45) is 3.58. The number of aromatic nitrogens is 2. The number of nitrogens with two attached hydrogens (primary N) is 1. The lowest BCUT2D eigenvalue weighted by Crippen LogP contribution is -2.31. The molecule has 0 radical (unpaired) electrons. The summed E-state index contributed by atoms with van der Waals surface area (Å²) in [6.45, 7) is 8.53. The van der Waals surface area contributed by atoms with Crippen molar-refractivity contribution in [2.75, 3.05) is 29.0 Å². The van der Waals surface area contributed by atoms with E-state index in [1.165, 1.54) is 12.8 Å². The van der Waals surface area contributed by atoms with Crippen molar-refractivity contribution in [3.63, 3.8) is 0 Å². The van der Waals surface area contributed by atoms with E-state index in [1.54, 1.807) is 0 Å². The molecule has 0 aromatic carbocycles. The molecule has 1 aliphatic rings. The molecule has 0 unspecified atom stereocenters. The topological polar surface area (TPSA) is 67.1 Å². The van der Waals surface area contributed by atoms with E-state index >= 15 is 0 Å². The normalized spacial score (nSPS) is 14.7. The van der Waals surface area contributed by atoms with Crippen molar-refractivity contribution >= 4 is 17.6 Å². The molecule has 0 atom stereocenters. The van der Waals surface area contributed by atoms with Gasteiger partial charge in [0.2, 0.25) is 5.95 Å². The lowest BCUT2D eigenvalue weighted by Gasteiger charge is -2.26. The summed E-state index contributed by atoms with van der Waals surface area (Å²) in [7, 11) is 0.